The molecule has 0 amide bonds. The molecule has 5 N–H and O–H groups in total. The van der Waals surface area contributed by atoms with Gasteiger partial charge in [0.05, 0.1) is 25.9 Å². The summed E-state index contributed by atoms with van der Waals surface area (Å²) >= 11 is 0. The Morgan fingerprint density at radius 1 is 0.571 bits per heavy atom. The molecule has 0 heterocycles. The second kappa shape index (κ2) is 41.5. The summed E-state index contributed by atoms with van der Waals surface area (Å²) < 4.78 is 47.8. The van der Waals surface area contributed by atoms with E-state index in [0.717, 1.165) is 38.0 Å². The van der Waals surface area contributed by atoms with E-state index in [9.17, 15) is 33.8 Å². The van der Waals surface area contributed by atoms with Gasteiger partial charge in [-0.1, -0.05) is 179 Å². The molecule has 0 aliphatic carbocycles. The molecule has 16 heteroatoms. The number of aliphatic hydroxyl groups excluding tert-OH is 2. The van der Waals surface area contributed by atoms with Crippen molar-refractivity contribution in [2.75, 3.05) is 26.4 Å². The van der Waals surface area contributed by atoms with E-state index in [-0.39, 0.29) is 12.8 Å². The van der Waals surface area contributed by atoms with E-state index in [1.54, 1.807) is 6.08 Å². The van der Waals surface area contributed by atoms with E-state index >= 15 is 0 Å². The number of rotatable bonds is 44. The van der Waals surface area contributed by atoms with Gasteiger partial charge in [0, 0.05) is 12.8 Å². The van der Waals surface area contributed by atoms with Crippen LogP contribution in [-0.4, -0.2) is 81.6 Å². The van der Waals surface area contributed by atoms with E-state index in [1.165, 1.54) is 89.9 Å². The third-order valence-electron chi connectivity index (χ3n) is 9.97. The first-order chi connectivity index (χ1) is 30.1. The van der Waals surface area contributed by atoms with Gasteiger partial charge in [-0.15, -0.1) is 0 Å². The van der Waals surface area contributed by atoms with Crippen molar-refractivity contribution in [2.45, 2.75) is 206 Å². The number of hydrogen-bond donors (Lipinski definition) is 5. The standard InChI is InChI=1S/C47H86O14P2/c1-4-5-6-7-18-24-29-34-43(48)35-30-25-20-17-22-26-31-36-46(50)57-40-45(41-60-63(55,56)59-39-44(49)38-58-62(52,53)54)61-47(51)37-32-27-21-16-14-12-10-8-9-11-13-15-19-23-28-33-42(2)3/h17-18,22,24-25,29-30,34,42-45,48-49H,4-16,19-21,23,26-28,31-33,35-41H2,1-3H3,(H,55,56)(H2,52,53,54)/b22-17+,24-18-,30-25-,34-29-/t43-,44+,45-/m1/s1. The Morgan fingerprint density at radius 2 is 1.11 bits per heavy atom. The van der Waals surface area contributed by atoms with Gasteiger partial charge in [0.1, 0.15) is 12.7 Å². The van der Waals surface area contributed by atoms with Crippen LogP contribution in [0.2, 0.25) is 0 Å². The molecule has 0 saturated carbocycles. The molecule has 0 saturated heterocycles. The number of ether oxygens (including phenoxy) is 2. The van der Waals surface area contributed by atoms with Crippen molar-refractivity contribution in [1.82, 2.24) is 0 Å². The molecule has 14 nitrogen and oxygen atoms in total. The summed E-state index contributed by atoms with van der Waals surface area (Å²) in [5.74, 6) is -0.325. The van der Waals surface area contributed by atoms with Gasteiger partial charge in [-0.2, -0.15) is 0 Å². The van der Waals surface area contributed by atoms with Crippen molar-refractivity contribution >= 4 is 27.6 Å². The van der Waals surface area contributed by atoms with Gasteiger partial charge in [-0.25, -0.2) is 9.13 Å². The van der Waals surface area contributed by atoms with E-state index in [1.807, 2.05) is 36.5 Å². The smallest absolute Gasteiger partial charge is 0.462 e. The zero-order valence-electron chi connectivity index (χ0n) is 38.9. The van der Waals surface area contributed by atoms with Crippen LogP contribution >= 0.6 is 15.6 Å². The highest BCUT2D eigenvalue weighted by molar-refractivity contribution is 7.47. The molecule has 0 bridgehead atoms. The second-order valence-corrected chi connectivity index (χ2v) is 19.4. The molecule has 368 valence electrons. The summed E-state index contributed by atoms with van der Waals surface area (Å²) in [6.07, 6.45) is 38.5. The Kier molecular flexibility index (Phi) is 40.2. The van der Waals surface area contributed by atoms with Crippen LogP contribution in [-0.2, 0) is 41.8 Å². The SMILES string of the molecule is CCCCC/C=C\C=C/[C@@H](O)C/C=C\C/C=C/CCCC(=O)OC[C@H](COP(=O)(O)OC[C@@H](O)COP(=O)(O)O)OC(=O)CCCCCCCCCCCCCCCCCC(C)C. The Morgan fingerprint density at radius 3 is 1.71 bits per heavy atom. The van der Waals surface area contributed by atoms with Crippen LogP contribution < -0.4 is 0 Å². The van der Waals surface area contributed by atoms with Crippen molar-refractivity contribution in [2.24, 2.45) is 5.92 Å². The predicted molar refractivity (Wildman–Crippen MR) is 250 cm³/mol. The molecule has 4 atom stereocenters. The molecule has 0 aromatic carbocycles. The summed E-state index contributed by atoms with van der Waals surface area (Å²) in [5.41, 5.74) is 0. The van der Waals surface area contributed by atoms with Crippen molar-refractivity contribution in [1.29, 1.82) is 0 Å². The Bertz CT molecular complexity index is 1330. The van der Waals surface area contributed by atoms with E-state index in [2.05, 4.69) is 35.9 Å². The minimum Gasteiger partial charge on any atom is -0.462 e. The number of phosphoric ester groups is 2. The lowest BCUT2D eigenvalue weighted by Crippen LogP contribution is -2.30. The fourth-order valence-electron chi connectivity index (χ4n) is 6.31. The largest absolute Gasteiger partial charge is 0.472 e. The van der Waals surface area contributed by atoms with Gasteiger partial charge in [0.2, 0.25) is 0 Å². The summed E-state index contributed by atoms with van der Waals surface area (Å²) in [4.78, 5) is 52.8. The number of carbonyl (C=O) groups is 2. The first kappa shape index (κ1) is 61.0. The highest BCUT2D eigenvalue weighted by atomic mass is 31.2. The maximum absolute atomic E-state index is 12.7. The topological polar surface area (TPSA) is 216 Å². The molecule has 1 unspecified atom stereocenters. The molecular formula is C47H86O14P2. The fraction of sp³-hybridized carbons (Fsp3) is 0.787. The molecule has 63 heavy (non-hydrogen) atoms. The molecule has 0 aliphatic rings. The number of carbonyl (C=O) groups excluding carboxylic acids is 2. The van der Waals surface area contributed by atoms with Gasteiger partial charge in [0.15, 0.2) is 6.10 Å². The van der Waals surface area contributed by atoms with Gasteiger partial charge in [-0.3, -0.25) is 23.2 Å². The zero-order valence-corrected chi connectivity index (χ0v) is 40.7. The quantitative estimate of drug-likeness (QED) is 0.0126. The van der Waals surface area contributed by atoms with Crippen LogP contribution in [0.4, 0.5) is 0 Å². The monoisotopic (exact) mass is 937 g/mol. The van der Waals surface area contributed by atoms with Crippen LogP contribution in [0, 0.1) is 5.92 Å². The maximum atomic E-state index is 12.7. The minimum absolute atomic E-state index is 0.0855. The van der Waals surface area contributed by atoms with Crippen molar-refractivity contribution < 1.29 is 66.7 Å². The van der Waals surface area contributed by atoms with Crippen LogP contribution in [0.25, 0.3) is 0 Å². The molecule has 0 fully saturated rings. The van der Waals surface area contributed by atoms with Crippen LogP contribution in [0.15, 0.2) is 48.6 Å². The number of allylic oxidation sites excluding steroid dienone is 6. The number of esters is 2. The molecule has 0 radical (unpaired) electrons. The number of hydrogen-bond acceptors (Lipinski definition) is 11. The summed E-state index contributed by atoms with van der Waals surface area (Å²) in [6, 6.07) is 0. The van der Waals surface area contributed by atoms with Crippen molar-refractivity contribution in [3.63, 3.8) is 0 Å². The fourth-order valence-corrected chi connectivity index (χ4v) is 7.47. The summed E-state index contributed by atoms with van der Waals surface area (Å²) in [6.45, 7) is 3.93. The van der Waals surface area contributed by atoms with Gasteiger partial charge >= 0.3 is 27.6 Å². The normalized spacial score (nSPS) is 14.9. The molecule has 0 aromatic rings. The number of unbranched alkanes of at least 4 members (excludes halogenated alkanes) is 18. The number of aliphatic hydroxyl groups is 2. The molecule has 0 spiro atoms. The van der Waals surface area contributed by atoms with Gasteiger partial charge in [-0.05, 0) is 50.9 Å². The third-order valence-corrected chi connectivity index (χ3v) is 11.4. The van der Waals surface area contributed by atoms with Crippen molar-refractivity contribution in [3.05, 3.63) is 48.6 Å². The first-order valence-corrected chi connectivity index (χ1v) is 26.8. The lowest BCUT2D eigenvalue weighted by Gasteiger charge is -2.20. The van der Waals surface area contributed by atoms with Crippen LogP contribution in [0.3, 0.4) is 0 Å². The summed E-state index contributed by atoms with van der Waals surface area (Å²) in [7, 11) is -9.71. The minimum atomic E-state index is -4.88. The van der Waals surface area contributed by atoms with E-state index in [4.69, 9.17) is 23.8 Å². The lowest BCUT2D eigenvalue weighted by molar-refractivity contribution is -0.161. The van der Waals surface area contributed by atoms with Crippen LogP contribution in [0.1, 0.15) is 188 Å². The molecule has 0 aromatic heterocycles. The van der Waals surface area contributed by atoms with Gasteiger partial charge in [0.25, 0.3) is 0 Å². The van der Waals surface area contributed by atoms with Crippen molar-refractivity contribution in [3.8, 4) is 0 Å². The average Bonchev–Trinajstić information content (AvgIpc) is 3.22. The molecular weight excluding hydrogens is 850 g/mol. The maximum Gasteiger partial charge on any atom is 0.472 e. The summed E-state index contributed by atoms with van der Waals surface area (Å²) in [5, 5.41) is 19.8. The highest BCUT2D eigenvalue weighted by Crippen LogP contribution is 2.43. The zero-order chi connectivity index (χ0) is 46.9. The van der Waals surface area contributed by atoms with E-state index < -0.39 is 72.3 Å². The van der Waals surface area contributed by atoms with Crippen LogP contribution in [0.5, 0.6) is 0 Å². The highest BCUT2D eigenvalue weighted by Gasteiger charge is 2.28. The Balaban J connectivity index is 4.59. The second-order valence-electron chi connectivity index (χ2n) is 16.7. The Labute approximate surface area is 380 Å². The Hall–Kier alpha value is -1.96. The first-order valence-electron chi connectivity index (χ1n) is 23.8. The number of phosphoric acid groups is 2. The predicted octanol–water partition coefficient (Wildman–Crippen LogP) is 11.4. The van der Waals surface area contributed by atoms with E-state index in [0.29, 0.717) is 32.1 Å². The third kappa shape index (κ3) is 46.4. The van der Waals surface area contributed by atoms with Gasteiger partial charge < -0.3 is 34.4 Å². The lowest BCUT2D eigenvalue weighted by atomic mass is 10.0. The molecule has 0 aliphatic heterocycles. The molecule has 0 rings (SSSR count). The average molecular weight is 937 g/mol.